The van der Waals surface area contributed by atoms with Crippen LogP contribution in [0.4, 0.5) is 0 Å². The molecule has 0 radical (unpaired) electrons. The third kappa shape index (κ3) is 1.61. The number of carbonyl (C=O) groups is 3. The van der Waals surface area contributed by atoms with Crippen molar-refractivity contribution >= 4 is 17.6 Å². The number of Topliss-reactive ketones (excluding diaryl/α,β-unsaturated/α-hetero) is 1. The summed E-state index contributed by atoms with van der Waals surface area (Å²) in [6, 6.07) is 0. The van der Waals surface area contributed by atoms with Crippen LogP contribution in [-0.4, -0.2) is 28.3 Å². The minimum atomic E-state index is -1.99. The molecule has 0 bridgehead atoms. The van der Waals surface area contributed by atoms with Crippen LogP contribution in [0.5, 0.6) is 0 Å². The smallest absolute Gasteiger partial charge is 0.260 e. The van der Waals surface area contributed by atoms with Crippen molar-refractivity contribution in [2.75, 3.05) is 0 Å². The van der Waals surface area contributed by atoms with Crippen molar-refractivity contribution in [1.29, 1.82) is 0 Å². The largest absolute Gasteiger partial charge is 0.378 e. The molecule has 5 nitrogen and oxygen atoms in total. The molecular formula is C22H27NO4. The molecule has 1 saturated heterocycles. The molecule has 5 rings (SSSR count). The van der Waals surface area contributed by atoms with E-state index in [-0.39, 0.29) is 17.6 Å². The van der Waals surface area contributed by atoms with Gasteiger partial charge >= 0.3 is 0 Å². The summed E-state index contributed by atoms with van der Waals surface area (Å²) in [5.41, 5.74) is -4.42. The Kier molecular flexibility index (Phi) is 3.21. The second-order valence-electron chi connectivity index (χ2n) is 9.77. The molecular weight excluding hydrogens is 342 g/mol. The predicted octanol–water partition coefficient (Wildman–Crippen LogP) is 2.01. The summed E-state index contributed by atoms with van der Waals surface area (Å²) in [4.78, 5) is 39.9. The fourth-order valence-electron chi connectivity index (χ4n) is 7.34. The van der Waals surface area contributed by atoms with Crippen molar-refractivity contribution < 1.29 is 19.5 Å². The Bertz CT molecular complexity index is 830. The Morgan fingerprint density at radius 3 is 2.44 bits per heavy atom. The molecule has 27 heavy (non-hydrogen) atoms. The second-order valence-corrected chi connectivity index (χ2v) is 9.77. The van der Waals surface area contributed by atoms with Gasteiger partial charge in [0.1, 0.15) is 0 Å². The molecule has 144 valence electrons. The zero-order valence-electron chi connectivity index (χ0n) is 16.1. The minimum Gasteiger partial charge on any atom is -0.378 e. The number of fused-ring (bicyclic) bond motifs is 4. The van der Waals surface area contributed by atoms with Crippen molar-refractivity contribution in [3.63, 3.8) is 0 Å². The summed E-state index contributed by atoms with van der Waals surface area (Å²) in [6.07, 6.45) is 11.1. The van der Waals surface area contributed by atoms with Crippen LogP contribution in [0.15, 0.2) is 24.3 Å². The molecule has 4 aliphatic carbocycles. The third-order valence-electron chi connectivity index (χ3n) is 8.72. The van der Waals surface area contributed by atoms with Gasteiger partial charge in [-0.05, 0) is 36.5 Å². The highest BCUT2D eigenvalue weighted by Gasteiger charge is 2.83. The van der Waals surface area contributed by atoms with Crippen LogP contribution >= 0.6 is 0 Å². The molecule has 1 spiro atoms. The second kappa shape index (κ2) is 4.99. The SMILES string of the molecule is C[C@@H]1CC[C@@H]2[C@H](C=C[C@H]3[C@@H]4C=C[C@@H](C)[C@]5(O)C(=O)NC(=O)[C@]45C(=O)[C@@]23C)C1. The number of aliphatic hydroxyl groups is 1. The van der Waals surface area contributed by atoms with Crippen molar-refractivity contribution in [2.45, 2.75) is 45.6 Å². The minimum absolute atomic E-state index is 0.160. The molecule has 0 aromatic carbocycles. The van der Waals surface area contributed by atoms with E-state index in [1.807, 2.05) is 19.1 Å². The molecule has 1 heterocycles. The van der Waals surface area contributed by atoms with Crippen LogP contribution in [0.2, 0.25) is 0 Å². The monoisotopic (exact) mass is 369 g/mol. The van der Waals surface area contributed by atoms with Crippen LogP contribution < -0.4 is 5.32 Å². The zero-order chi connectivity index (χ0) is 19.4. The normalized spacial score (nSPS) is 55.6. The topological polar surface area (TPSA) is 83.5 Å². The highest BCUT2D eigenvalue weighted by molar-refractivity contribution is 6.25. The van der Waals surface area contributed by atoms with E-state index in [0.29, 0.717) is 11.8 Å². The maximum Gasteiger partial charge on any atom is 0.260 e. The molecule has 2 N–H and O–H groups in total. The molecule has 2 amide bonds. The number of ketones is 1. The van der Waals surface area contributed by atoms with Gasteiger partial charge in [-0.15, -0.1) is 0 Å². The van der Waals surface area contributed by atoms with Gasteiger partial charge in [0.25, 0.3) is 5.91 Å². The fourth-order valence-corrected chi connectivity index (χ4v) is 7.34. The zero-order valence-corrected chi connectivity index (χ0v) is 16.1. The van der Waals surface area contributed by atoms with Crippen molar-refractivity contribution in [3.05, 3.63) is 24.3 Å². The number of nitrogens with one attached hydrogen (secondary N) is 1. The summed E-state index contributed by atoms with van der Waals surface area (Å²) in [6.45, 7) is 5.95. The molecule has 0 aromatic heterocycles. The van der Waals surface area contributed by atoms with Crippen LogP contribution in [-0.2, 0) is 14.4 Å². The quantitative estimate of drug-likeness (QED) is 0.389. The Balaban J connectivity index is 1.73. The lowest BCUT2D eigenvalue weighted by Gasteiger charge is -2.48. The van der Waals surface area contributed by atoms with Gasteiger partial charge in [0.2, 0.25) is 5.91 Å². The first-order chi connectivity index (χ1) is 12.7. The summed E-state index contributed by atoms with van der Waals surface area (Å²) >= 11 is 0. The van der Waals surface area contributed by atoms with Gasteiger partial charge in [0.15, 0.2) is 16.8 Å². The summed E-state index contributed by atoms with van der Waals surface area (Å²) in [5, 5.41) is 13.8. The third-order valence-corrected chi connectivity index (χ3v) is 8.72. The number of amides is 2. The van der Waals surface area contributed by atoms with Crippen LogP contribution in [0.1, 0.15) is 40.0 Å². The Labute approximate surface area is 159 Å². The van der Waals surface area contributed by atoms with Gasteiger partial charge in [0.05, 0.1) is 0 Å². The first-order valence-electron chi connectivity index (χ1n) is 10.2. The maximum absolute atomic E-state index is 14.1. The molecule has 5 heteroatoms. The van der Waals surface area contributed by atoms with Gasteiger partial charge < -0.3 is 5.11 Å². The highest BCUT2D eigenvalue weighted by atomic mass is 16.3. The van der Waals surface area contributed by atoms with Crippen LogP contribution in [0.25, 0.3) is 0 Å². The summed E-state index contributed by atoms with van der Waals surface area (Å²) < 4.78 is 0. The first-order valence-corrected chi connectivity index (χ1v) is 10.2. The lowest BCUT2D eigenvalue weighted by molar-refractivity contribution is -0.170. The van der Waals surface area contributed by atoms with Crippen LogP contribution in [0, 0.1) is 46.3 Å². The Hall–Kier alpha value is -1.75. The van der Waals surface area contributed by atoms with Crippen molar-refractivity contribution in [2.24, 2.45) is 46.3 Å². The summed E-state index contributed by atoms with van der Waals surface area (Å²) in [7, 11) is 0. The molecule has 0 unspecified atom stereocenters. The molecule has 3 fully saturated rings. The van der Waals surface area contributed by atoms with E-state index in [1.54, 1.807) is 6.92 Å². The fraction of sp³-hybridized carbons (Fsp3) is 0.682. The number of hydrogen-bond acceptors (Lipinski definition) is 4. The van der Waals surface area contributed by atoms with Gasteiger partial charge in [-0.1, -0.05) is 51.5 Å². The number of rotatable bonds is 0. The Morgan fingerprint density at radius 1 is 1.00 bits per heavy atom. The van der Waals surface area contributed by atoms with E-state index in [9.17, 15) is 19.5 Å². The van der Waals surface area contributed by atoms with Crippen molar-refractivity contribution in [1.82, 2.24) is 5.32 Å². The average molecular weight is 369 g/mol. The Morgan fingerprint density at radius 2 is 1.70 bits per heavy atom. The van der Waals surface area contributed by atoms with E-state index in [2.05, 4.69) is 24.4 Å². The van der Waals surface area contributed by atoms with E-state index < -0.39 is 40.1 Å². The first kappa shape index (κ1) is 17.4. The molecule has 1 aliphatic heterocycles. The van der Waals surface area contributed by atoms with E-state index in [4.69, 9.17) is 0 Å². The number of carbonyl (C=O) groups excluding carboxylic acids is 3. The number of allylic oxidation sites excluding steroid dienone is 3. The van der Waals surface area contributed by atoms with Gasteiger partial charge in [-0.2, -0.15) is 0 Å². The standard InChI is InChI=1S/C22H27NO4/c1-11-4-7-14-13(10-11)6-9-15-16-8-5-12(2)22(27)19(26)23-18(25)21(16,22)17(24)20(14,15)3/h5-6,8-9,11-16,27H,4,7,10H2,1-3H3,(H,23,25,26)/t11-,12-,13-,14-,15+,16+,20+,21-,22+/m1/s1. The molecule has 0 aromatic rings. The predicted molar refractivity (Wildman–Crippen MR) is 98.1 cm³/mol. The molecule has 5 aliphatic rings. The molecule has 2 saturated carbocycles. The maximum atomic E-state index is 14.1. The van der Waals surface area contributed by atoms with E-state index >= 15 is 0 Å². The van der Waals surface area contributed by atoms with Crippen LogP contribution in [0.3, 0.4) is 0 Å². The van der Waals surface area contributed by atoms with Gasteiger partial charge in [-0.25, -0.2) is 0 Å². The average Bonchev–Trinajstić information content (AvgIpc) is 2.96. The van der Waals surface area contributed by atoms with E-state index in [1.165, 1.54) is 0 Å². The van der Waals surface area contributed by atoms with Crippen molar-refractivity contribution in [3.8, 4) is 0 Å². The number of imide groups is 1. The highest BCUT2D eigenvalue weighted by Crippen LogP contribution is 2.69. The van der Waals surface area contributed by atoms with Gasteiger partial charge in [0, 0.05) is 17.3 Å². The number of hydrogen-bond donors (Lipinski definition) is 2. The lowest BCUT2D eigenvalue weighted by Crippen LogP contribution is -2.62. The molecule has 9 atom stereocenters. The van der Waals surface area contributed by atoms with Gasteiger partial charge in [-0.3, -0.25) is 19.7 Å². The summed E-state index contributed by atoms with van der Waals surface area (Å²) in [5.74, 6) is -1.65. The van der Waals surface area contributed by atoms with E-state index in [0.717, 1.165) is 19.3 Å². The lowest BCUT2D eigenvalue weighted by atomic mass is 9.55.